The topological polar surface area (TPSA) is 119 Å². The van der Waals surface area contributed by atoms with Crippen molar-refractivity contribution in [2.75, 3.05) is 26.7 Å². The molecule has 0 bridgehead atoms. The summed E-state index contributed by atoms with van der Waals surface area (Å²) in [6, 6.07) is 0. The molecule has 0 rings (SSSR count). The van der Waals surface area contributed by atoms with Crippen LogP contribution in [-0.2, 0) is 0 Å². The summed E-state index contributed by atoms with van der Waals surface area (Å²) in [5.74, 6) is 0. The molecular formula is C13H33N3O3. The fraction of sp³-hybridized carbons (Fsp3) is 0.923. The molecule has 6 heteroatoms. The predicted molar refractivity (Wildman–Crippen MR) is 80.6 cm³/mol. The lowest BCUT2D eigenvalue weighted by atomic mass is 10.2. The molecular weight excluding hydrogens is 246 g/mol. The Morgan fingerprint density at radius 2 is 1.63 bits per heavy atom. The van der Waals surface area contributed by atoms with Gasteiger partial charge in [0.15, 0.2) is 0 Å². The Balaban J connectivity index is -0.000000262. The molecule has 0 spiro atoms. The molecule has 0 heterocycles. The van der Waals surface area contributed by atoms with Gasteiger partial charge in [0.05, 0.1) is 0 Å². The molecule has 0 aromatic heterocycles. The summed E-state index contributed by atoms with van der Waals surface area (Å²) >= 11 is 0. The van der Waals surface area contributed by atoms with Gasteiger partial charge < -0.3 is 26.9 Å². The van der Waals surface area contributed by atoms with Crippen molar-refractivity contribution in [1.29, 1.82) is 0 Å². The van der Waals surface area contributed by atoms with E-state index in [0.717, 1.165) is 19.3 Å². The summed E-state index contributed by atoms with van der Waals surface area (Å²) < 4.78 is 0. The SMILES string of the molecule is CCCCCCNC.NCCCCCNC(=O)O.O. The predicted octanol–water partition coefficient (Wildman–Crippen LogP) is 1.34. The van der Waals surface area contributed by atoms with Crippen LogP contribution in [0.3, 0.4) is 0 Å². The minimum Gasteiger partial charge on any atom is -0.465 e. The van der Waals surface area contributed by atoms with Crippen LogP contribution >= 0.6 is 0 Å². The number of rotatable bonds is 10. The van der Waals surface area contributed by atoms with E-state index >= 15 is 0 Å². The van der Waals surface area contributed by atoms with E-state index in [2.05, 4.69) is 17.6 Å². The molecule has 0 fully saturated rings. The van der Waals surface area contributed by atoms with Gasteiger partial charge in [-0.15, -0.1) is 0 Å². The zero-order chi connectivity index (χ0) is 14.1. The highest BCUT2D eigenvalue weighted by atomic mass is 16.4. The van der Waals surface area contributed by atoms with Crippen LogP contribution in [0.15, 0.2) is 0 Å². The van der Waals surface area contributed by atoms with Crippen LogP contribution in [0.25, 0.3) is 0 Å². The first-order valence-corrected chi connectivity index (χ1v) is 7.00. The number of amides is 1. The highest BCUT2D eigenvalue weighted by molar-refractivity contribution is 5.64. The van der Waals surface area contributed by atoms with Crippen molar-refractivity contribution in [2.45, 2.75) is 51.9 Å². The second-order valence-electron chi connectivity index (χ2n) is 4.25. The zero-order valence-corrected chi connectivity index (χ0v) is 12.5. The summed E-state index contributed by atoms with van der Waals surface area (Å²) in [6.45, 7) is 4.64. The van der Waals surface area contributed by atoms with Gasteiger partial charge in [-0.1, -0.05) is 32.6 Å². The monoisotopic (exact) mass is 279 g/mol. The van der Waals surface area contributed by atoms with Crippen molar-refractivity contribution in [3.63, 3.8) is 0 Å². The lowest BCUT2D eigenvalue weighted by Gasteiger charge is -1.98. The van der Waals surface area contributed by atoms with Crippen LogP contribution in [0, 0.1) is 0 Å². The molecule has 0 saturated carbocycles. The van der Waals surface area contributed by atoms with Gasteiger partial charge in [-0.3, -0.25) is 0 Å². The van der Waals surface area contributed by atoms with E-state index < -0.39 is 6.09 Å². The van der Waals surface area contributed by atoms with Gasteiger partial charge in [0.2, 0.25) is 0 Å². The Bertz CT molecular complexity index is 163. The van der Waals surface area contributed by atoms with Crippen LogP contribution in [-0.4, -0.2) is 43.4 Å². The van der Waals surface area contributed by atoms with E-state index in [4.69, 9.17) is 10.8 Å². The number of nitrogens with one attached hydrogen (secondary N) is 2. The molecule has 0 aliphatic carbocycles. The third-order valence-electron chi connectivity index (χ3n) is 2.44. The number of hydrogen-bond donors (Lipinski definition) is 4. The van der Waals surface area contributed by atoms with Crippen LogP contribution in [0.1, 0.15) is 51.9 Å². The van der Waals surface area contributed by atoms with Crippen LogP contribution in [0.4, 0.5) is 4.79 Å². The summed E-state index contributed by atoms with van der Waals surface area (Å²) in [4.78, 5) is 9.90. The van der Waals surface area contributed by atoms with Crippen molar-refractivity contribution in [2.24, 2.45) is 5.73 Å². The van der Waals surface area contributed by atoms with E-state index in [-0.39, 0.29) is 5.48 Å². The third-order valence-corrected chi connectivity index (χ3v) is 2.44. The number of carbonyl (C=O) groups is 1. The Morgan fingerprint density at radius 1 is 1.05 bits per heavy atom. The van der Waals surface area contributed by atoms with Crippen molar-refractivity contribution < 1.29 is 15.4 Å². The average Bonchev–Trinajstić information content (AvgIpc) is 2.35. The summed E-state index contributed by atoms with van der Waals surface area (Å²) in [7, 11) is 2.01. The van der Waals surface area contributed by atoms with Crippen molar-refractivity contribution in [3.8, 4) is 0 Å². The summed E-state index contributed by atoms with van der Waals surface area (Å²) in [5.41, 5.74) is 5.23. The van der Waals surface area contributed by atoms with Crippen molar-refractivity contribution in [1.82, 2.24) is 10.6 Å². The van der Waals surface area contributed by atoms with Gasteiger partial charge in [0.25, 0.3) is 0 Å². The molecule has 0 aliphatic heterocycles. The number of unbranched alkanes of at least 4 members (excludes halogenated alkanes) is 5. The highest BCUT2D eigenvalue weighted by Crippen LogP contribution is 1.96. The fourth-order valence-electron chi connectivity index (χ4n) is 1.37. The van der Waals surface area contributed by atoms with Crippen molar-refractivity contribution >= 4 is 6.09 Å². The fourth-order valence-corrected chi connectivity index (χ4v) is 1.37. The Labute approximate surface area is 117 Å². The molecule has 0 aromatic rings. The van der Waals surface area contributed by atoms with E-state index in [1.165, 1.54) is 32.2 Å². The Morgan fingerprint density at radius 3 is 2.11 bits per heavy atom. The maximum Gasteiger partial charge on any atom is 0.404 e. The molecule has 0 atom stereocenters. The van der Waals surface area contributed by atoms with E-state index in [1.807, 2.05) is 7.05 Å². The quantitative estimate of drug-likeness (QED) is 0.451. The van der Waals surface area contributed by atoms with Gasteiger partial charge >= 0.3 is 6.09 Å². The van der Waals surface area contributed by atoms with Crippen LogP contribution in [0.5, 0.6) is 0 Å². The summed E-state index contributed by atoms with van der Waals surface area (Å²) in [6.07, 6.45) is 7.35. The minimum atomic E-state index is -0.951. The van der Waals surface area contributed by atoms with E-state index in [9.17, 15) is 4.79 Å². The van der Waals surface area contributed by atoms with Gasteiger partial charge in [0, 0.05) is 6.54 Å². The zero-order valence-electron chi connectivity index (χ0n) is 12.5. The lowest BCUT2D eigenvalue weighted by molar-refractivity contribution is 0.194. The second-order valence-corrected chi connectivity index (χ2v) is 4.25. The van der Waals surface area contributed by atoms with Gasteiger partial charge in [0.1, 0.15) is 0 Å². The number of carboxylic acid groups (broad SMARTS) is 1. The van der Waals surface area contributed by atoms with Crippen LogP contribution < -0.4 is 16.4 Å². The molecule has 0 aromatic carbocycles. The maximum absolute atomic E-state index is 9.90. The number of nitrogens with two attached hydrogens (primary N) is 1. The molecule has 19 heavy (non-hydrogen) atoms. The lowest BCUT2D eigenvalue weighted by Crippen LogP contribution is -2.21. The standard InChI is InChI=1S/C7H17N.C6H14N2O2.H2O/c1-3-4-5-6-7-8-2;7-4-2-1-3-5-8-6(9)10;/h8H,3-7H2,1-2H3;8H,1-5,7H2,(H,9,10);1H2. The smallest absolute Gasteiger partial charge is 0.404 e. The largest absolute Gasteiger partial charge is 0.465 e. The highest BCUT2D eigenvalue weighted by Gasteiger charge is 1.91. The van der Waals surface area contributed by atoms with Crippen molar-refractivity contribution in [3.05, 3.63) is 0 Å². The third kappa shape index (κ3) is 31.7. The average molecular weight is 279 g/mol. The van der Waals surface area contributed by atoms with Gasteiger partial charge in [-0.05, 0) is 39.4 Å². The second kappa shape index (κ2) is 22.3. The maximum atomic E-state index is 9.90. The molecule has 6 nitrogen and oxygen atoms in total. The van der Waals surface area contributed by atoms with E-state index in [0.29, 0.717) is 13.1 Å². The Kier molecular flexibility index (Phi) is 27.3. The molecule has 7 N–H and O–H groups in total. The first-order chi connectivity index (χ1) is 8.68. The van der Waals surface area contributed by atoms with E-state index in [1.54, 1.807) is 0 Å². The molecule has 118 valence electrons. The normalized spacial score (nSPS) is 9.00. The molecule has 0 radical (unpaired) electrons. The summed E-state index contributed by atoms with van der Waals surface area (Å²) in [5, 5.41) is 13.5. The first-order valence-electron chi connectivity index (χ1n) is 7.00. The van der Waals surface area contributed by atoms with Gasteiger partial charge in [-0.2, -0.15) is 0 Å². The molecule has 0 saturated heterocycles. The van der Waals surface area contributed by atoms with Crippen LogP contribution in [0.2, 0.25) is 0 Å². The number of hydrogen-bond acceptors (Lipinski definition) is 3. The molecule has 0 aliphatic rings. The molecule has 0 unspecified atom stereocenters. The van der Waals surface area contributed by atoms with Gasteiger partial charge in [-0.25, -0.2) is 4.79 Å². The first kappa shape index (κ1) is 23.3. The Hall–Kier alpha value is -0.850. The minimum absolute atomic E-state index is 0. The molecule has 1 amide bonds.